The van der Waals surface area contributed by atoms with Crippen LogP contribution in [0.1, 0.15) is 26.7 Å². The van der Waals surface area contributed by atoms with Crippen LogP contribution in [-0.4, -0.2) is 6.61 Å². The molecule has 0 bridgehead atoms. The predicted molar refractivity (Wildman–Crippen MR) is 63.7 cm³/mol. The van der Waals surface area contributed by atoms with Crippen molar-refractivity contribution in [2.24, 2.45) is 5.92 Å². The molecular formula is C12H16BrFO. The molecule has 84 valence electrons. The van der Waals surface area contributed by atoms with Crippen LogP contribution in [-0.2, 0) is 0 Å². The summed E-state index contributed by atoms with van der Waals surface area (Å²) in [5.74, 6) is 1.00. The van der Waals surface area contributed by atoms with Gasteiger partial charge in [-0.25, -0.2) is 4.39 Å². The van der Waals surface area contributed by atoms with E-state index in [1.54, 1.807) is 6.07 Å². The summed E-state index contributed by atoms with van der Waals surface area (Å²) in [6.45, 7) is 5.01. The van der Waals surface area contributed by atoms with Crippen LogP contribution in [0, 0.1) is 11.7 Å². The Labute approximate surface area is 98.8 Å². The van der Waals surface area contributed by atoms with E-state index in [1.807, 2.05) is 0 Å². The molecule has 0 atom stereocenters. The molecule has 0 aliphatic heterocycles. The number of benzene rings is 1. The van der Waals surface area contributed by atoms with E-state index in [0.29, 0.717) is 22.7 Å². The molecule has 3 heteroatoms. The first-order valence-corrected chi connectivity index (χ1v) is 5.96. The zero-order chi connectivity index (χ0) is 11.3. The third kappa shape index (κ3) is 5.17. The molecule has 0 heterocycles. The van der Waals surface area contributed by atoms with Gasteiger partial charge in [0.1, 0.15) is 11.6 Å². The normalized spacial score (nSPS) is 10.7. The molecule has 0 radical (unpaired) electrons. The van der Waals surface area contributed by atoms with Gasteiger partial charge >= 0.3 is 0 Å². The van der Waals surface area contributed by atoms with Crippen LogP contribution in [0.25, 0.3) is 0 Å². The van der Waals surface area contributed by atoms with Crippen molar-refractivity contribution in [2.45, 2.75) is 26.7 Å². The van der Waals surface area contributed by atoms with Crippen molar-refractivity contribution in [1.82, 2.24) is 0 Å². The largest absolute Gasteiger partial charge is 0.493 e. The molecule has 0 aliphatic rings. The van der Waals surface area contributed by atoms with Gasteiger partial charge in [-0.3, -0.25) is 0 Å². The molecule has 15 heavy (non-hydrogen) atoms. The first-order chi connectivity index (χ1) is 7.08. The quantitative estimate of drug-likeness (QED) is 0.723. The third-order valence-electron chi connectivity index (χ3n) is 2.03. The Kier molecular flexibility index (Phi) is 5.09. The van der Waals surface area contributed by atoms with Gasteiger partial charge in [0, 0.05) is 10.5 Å². The fourth-order valence-corrected chi connectivity index (χ4v) is 1.74. The fourth-order valence-electron chi connectivity index (χ4n) is 1.29. The smallest absolute Gasteiger partial charge is 0.128 e. The lowest BCUT2D eigenvalue weighted by molar-refractivity contribution is 0.296. The highest BCUT2D eigenvalue weighted by Crippen LogP contribution is 2.20. The second-order valence-electron chi connectivity index (χ2n) is 3.99. The van der Waals surface area contributed by atoms with Crippen molar-refractivity contribution in [1.29, 1.82) is 0 Å². The number of hydrogen-bond donors (Lipinski definition) is 0. The van der Waals surface area contributed by atoms with Gasteiger partial charge in [0.2, 0.25) is 0 Å². The molecule has 1 rings (SSSR count). The standard InChI is InChI=1S/C12H16BrFO/c1-9(2)4-3-5-15-12-7-10(13)6-11(14)8-12/h6-9H,3-5H2,1-2H3. The minimum atomic E-state index is -0.275. The Morgan fingerprint density at radius 3 is 2.67 bits per heavy atom. The minimum absolute atomic E-state index is 0.275. The summed E-state index contributed by atoms with van der Waals surface area (Å²) in [6, 6.07) is 4.60. The van der Waals surface area contributed by atoms with Crippen molar-refractivity contribution >= 4 is 15.9 Å². The fraction of sp³-hybridized carbons (Fsp3) is 0.500. The van der Waals surface area contributed by atoms with E-state index in [9.17, 15) is 4.39 Å². The van der Waals surface area contributed by atoms with E-state index in [-0.39, 0.29) is 5.82 Å². The van der Waals surface area contributed by atoms with Gasteiger partial charge in [-0.15, -0.1) is 0 Å². The van der Waals surface area contributed by atoms with E-state index in [2.05, 4.69) is 29.8 Å². The van der Waals surface area contributed by atoms with E-state index in [4.69, 9.17) is 4.74 Å². The first kappa shape index (κ1) is 12.5. The lowest BCUT2D eigenvalue weighted by atomic mass is 10.1. The number of halogens is 2. The van der Waals surface area contributed by atoms with Crippen LogP contribution >= 0.6 is 15.9 Å². The molecular weight excluding hydrogens is 259 g/mol. The average Bonchev–Trinajstić information content (AvgIpc) is 2.10. The molecule has 0 fully saturated rings. The summed E-state index contributed by atoms with van der Waals surface area (Å²) in [6.07, 6.45) is 2.14. The van der Waals surface area contributed by atoms with Gasteiger partial charge in [-0.05, 0) is 30.9 Å². The van der Waals surface area contributed by atoms with Gasteiger partial charge in [0.05, 0.1) is 6.61 Å². The molecule has 0 saturated heterocycles. The Morgan fingerprint density at radius 2 is 2.07 bits per heavy atom. The highest BCUT2D eigenvalue weighted by Gasteiger charge is 2.00. The van der Waals surface area contributed by atoms with Gasteiger partial charge in [0.15, 0.2) is 0 Å². The summed E-state index contributed by atoms with van der Waals surface area (Å²) < 4.78 is 19.1. The summed E-state index contributed by atoms with van der Waals surface area (Å²) >= 11 is 3.23. The average molecular weight is 275 g/mol. The molecule has 1 aromatic carbocycles. The van der Waals surface area contributed by atoms with Crippen molar-refractivity contribution in [3.8, 4) is 5.75 Å². The summed E-state index contributed by atoms with van der Waals surface area (Å²) in [5.41, 5.74) is 0. The molecule has 0 amide bonds. The van der Waals surface area contributed by atoms with Gasteiger partial charge < -0.3 is 4.74 Å². The van der Waals surface area contributed by atoms with Gasteiger partial charge in [0.25, 0.3) is 0 Å². The van der Waals surface area contributed by atoms with Gasteiger partial charge in [-0.1, -0.05) is 29.8 Å². The third-order valence-corrected chi connectivity index (χ3v) is 2.49. The highest BCUT2D eigenvalue weighted by molar-refractivity contribution is 9.10. The molecule has 0 aliphatic carbocycles. The van der Waals surface area contributed by atoms with Crippen LogP contribution < -0.4 is 4.74 Å². The molecule has 0 aromatic heterocycles. The van der Waals surface area contributed by atoms with Crippen LogP contribution in [0.2, 0.25) is 0 Å². The number of ether oxygens (including phenoxy) is 1. The molecule has 1 nitrogen and oxygen atoms in total. The van der Waals surface area contributed by atoms with Crippen molar-refractivity contribution in [3.05, 3.63) is 28.5 Å². The zero-order valence-corrected chi connectivity index (χ0v) is 10.7. The Balaban J connectivity index is 2.37. The lowest BCUT2D eigenvalue weighted by Crippen LogP contribution is -1.99. The first-order valence-electron chi connectivity index (χ1n) is 5.17. The predicted octanol–water partition coefficient (Wildman–Crippen LogP) is 4.40. The SMILES string of the molecule is CC(C)CCCOc1cc(F)cc(Br)c1. The Morgan fingerprint density at radius 1 is 1.33 bits per heavy atom. The minimum Gasteiger partial charge on any atom is -0.493 e. The van der Waals surface area contributed by atoms with Crippen LogP contribution in [0.3, 0.4) is 0 Å². The molecule has 0 spiro atoms. The van der Waals surface area contributed by atoms with E-state index < -0.39 is 0 Å². The topological polar surface area (TPSA) is 9.23 Å². The molecule has 0 saturated carbocycles. The summed E-state index contributed by atoms with van der Waals surface area (Å²) in [5, 5.41) is 0. The second kappa shape index (κ2) is 6.11. The molecule has 0 N–H and O–H groups in total. The summed E-state index contributed by atoms with van der Waals surface area (Å²) in [7, 11) is 0. The second-order valence-corrected chi connectivity index (χ2v) is 4.91. The zero-order valence-electron chi connectivity index (χ0n) is 9.09. The van der Waals surface area contributed by atoms with Crippen molar-refractivity contribution in [3.63, 3.8) is 0 Å². The maximum atomic E-state index is 13.0. The molecule has 1 aromatic rings. The summed E-state index contributed by atoms with van der Waals surface area (Å²) in [4.78, 5) is 0. The number of hydrogen-bond acceptors (Lipinski definition) is 1. The maximum Gasteiger partial charge on any atom is 0.128 e. The van der Waals surface area contributed by atoms with Gasteiger partial charge in [-0.2, -0.15) is 0 Å². The number of rotatable bonds is 5. The van der Waals surface area contributed by atoms with E-state index >= 15 is 0 Å². The monoisotopic (exact) mass is 274 g/mol. The van der Waals surface area contributed by atoms with E-state index in [1.165, 1.54) is 12.1 Å². The maximum absolute atomic E-state index is 13.0. The van der Waals surface area contributed by atoms with Crippen LogP contribution in [0.15, 0.2) is 22.7 Å². The van der Waals surface area contributed by atoms with Crippen LogP contribution in [0.4, 0.5) is 4.39 Å². The van der Waals surface area contributed by atoms with Crippen molar-refractivity contribution < 1.29 is 9.13 Å². The van der Waals surface area contributed by atoms with Crippen LogP contribution in [0.5, 0.6) is 5.75 Å². The Hall–Kier alpha value is -0.570. The van der Waals surface area contributed by atoms with Crippen molar-refractivity contribution in [2.75, 3.05) is 6.61 Å². The lowest BCUT2D eigenvalue weighted by Gasteiger charge is -2.08. The molecule has 0 unspecified atom stereocenters. The Bertz CT molecular complexity index is 292. The highest BCUT2D eigenvalue weighted by atomic mass is 79.9. The van der Waals surface area contributed by atoms with E-state index in [0.717, 1.165) is 12.8 Å².